The summed E-state index contributed by atoms with van der Waals surface area (Å²) in [6.07, 6.45) is 0. The molecule has 7 heteroatoms. The van der Waals surface area contributed by atoms with Crippen LogP contribution in [0.5, 0.6) is 11.6 Å². The third kappa shape index (κ3) is 4.79. The zero-order chi connectivity index (χ0) is 21.7. The van der Waals surface area contributed by atoms with E-state index in [1.54, 1.807) is 28.8 Å². The van der Waals surface area contributed by atoms with Crippen LogP contribution in [0.4, 0.5) is 9.18 Å². The molecule has 0 radical (unpaired) electrons. The van der Waals surface area contributed by atoms with Gasteiger partial charge in [-0.25, -0.2) is 13.9 Å². The van der Waals surface area contributed by atoms with Gasteiger partial charge < -0.3 is 15.0 Å². The number of carbonyl (C=O) groups is 1. The van der Waals surface area contributed by atoms with E-state index in [-0.39, 0.29) is 17.9 Å². The molecule has 158 valence electrons. The van der Waals surface area contributed by atoms with Crippen molar-refractivity contribution in [1.82, 2.24) is 20.0 Å². The maximum Gasteiger partial charge on any atom is 0.317 e. The Hall–Kier alpha value is -3.35. The van der Waals surface area contributed by atoms with Gasteiger partial charge in [-0.15, -0.1) is 0 Å². The summed E-state index contributed by atoms with van der Waals surface area (Å²) >= 11 is 0. The van der Waals surface area contributed by atoms with Gasteiger partial charge in [-0.3, -0.25) is 0 Å². The standard InChI is InChI=1S/C23H27FN4O2/c1-5-25-23(29)28(16(2)3)15-20-21(17-10-7-6-8-11-17)26-27(4)22(20)30-19-13-9-12-18(24)14-19/h6-14,16H,5,15H2,1-4H3,(H,25,29). The molecular weight excluding hydrogens is 383 g/mol. The van der Waals surface area contributed by atoms with Crippen LogP contribution in [-0.2, 0) is 13.6 Å². The molecule has 0 unspecified atom stereocenters. The minimum absolute atomic E-state index is 0.0394. The topological polar surface area (TPSA) is 59.4 Å². The summed E-state index contributed by atoms with van der Waals surface area (Å²) in [5.74, 6) is 0.452. The van der Waals surface area contributed by atoms with Crippen molar-refractivity contribution in [3.63, 3.8) is 0 Å². The van der Waals surface area contributed by atoms with Crippen LogP contribution in [0.1, 0.15) is 26.3 Å². The first kappa shape index (κ1) is 21.4. The lowest BCUT2D eigenvalue weighted by molar-refractivity contribution is 0.180. The van der Waals surface area contributed by atoms with Crippen molar-refractivity contribution < 1.29 is 13.9 Å². The second kappa shape index (κ2) is 9.43. The van der Waals surface area contributed by atoms with E-state index in [4.69, 9.17) is 4.74 Å². The molecule has 0 aliphatic carbocycles. The number of rotatable bonds is 7. The zero-order valence-electron chi connectivity index (χ0n) is 17.7. The predicted octanol–water partition coefficient (Wildman–Crippen LogP) is 4.96. The number of benzene rings is 2. The fraction of sp³-hybridized carbons (Fsp3) is 0.304. The molecule has 0 aliphatic heterocycles. The number of hydrogen-bond donors (Lipinski definition) is 1. The van der Waals surface area contributed by atoms with E-state index in [0.29, 0.717) is 24.7 Å². The molecule has 0 saturated heterocycles. The minimum Gasteiger partial charge on any atom is -0.439 e. The second-order valence-electron chi connectivity index (χ2n) is 7.24. The number of aryl methyl sites for hydroxylation is 1. The molecule has 0 fully saturated rings. The van der Waals surface area contributed by atoms with Gasteiger partial charge in [-0.1, -0.05) is 36.4 Å². The Labute approximate surface area is 176 Å². The van der Waals surface area contributed by atoms with E-state index < -0.39 is 0 Å². The lowest BCUT2D eigenvalue weighted by Crippen LogP contribution is -2.43. The van der Waals surface area contributed by atoms with Crippen molar-refractivity contribution in [2.45, 2.75) is 33.4 Å². The normalized spacial score (nSPS) is 10.9. The Bertz CT molecular complexity index is 1000. The van der Waals surface area contributed by atoms with Crippen LogP contribution >= 0.6 is 0 Å². The number of aromatic nitrogens is 2. The molecular formula is C23H27FN4O2. The number of amides is 2. The first-order chi connectivity index (χ1) is 14.4. The molecule has 30 heavy (non-hydrogen) atoms. The van der Waals surface area contributed by atoms with Gasteiger partial charge in [0.25, 0.3) is 0 Å². The summed E-state index contributed by atoms with van der Waals surface area (Å²) in [6, 6.07) is 15.5. The van der Waals surface area contributed by atoms with E-state index in [1.165, 1.54) is 12.1 Å². The van der Waals surface area contributed by atoms with Crippen LogP contribution in [0.15, 0.2) is 54.6 Å². The Balaban J connectivity index is 2.08. The summed E-state index contributed by atoms with van der Waals surface area (Å²) in [4.78, 5) is 14.4. The number of nitrogens with zero attached hydrogens (tertiary/aromatic N) is 3. The van der Waals surface area contributed by atoms with Gasteiger partial charge in [-0.05, 0) is 32.9 Å². The first-order valence-electron chi connectivity index (χ1n) is 9.99. The zero-order valence-corrected chi connectivity index (χ0v) is 17.7. The molecule has 2 amide bonds. The fourth-order valence-electron chi connectivity index (χ4n) is 3.20. The van der Waals surface area contributed by atoms with Crippen LogP contribution < -0.4 is 10.1 Å². The maximum atomic E-state index is 13.7. The molecule has 0 aliphatic rings. The lowest BCUT2D eigenvalue weighted by Gasteiger charge is -2.27. The molecule has 1 aromatic heterocycles. The summed E-state index contributed by atoms with van der Waals surface area (Å²) in [6.45, 7) is 6.63. The molecule has 2 aromatic carbocycles. The van der Waals surface area contributed by atoms with Crippen LogP contribution in [0.25, 0.3) is 11.3 Å². The monoisotopic (exact) mass is 410 g/mol. The van der Waals surface area contributed by atoms with Gasteiger partial charge in [0.2, 0.25) is 5.88 Å². The van der Waals surface area contributed by atoms with E-state index in [9.17, 15) is 9.18 Å². The summed E-state index contributed by atoms with van der Waals surface area (Å²) in [5, 5.41) is 7.52. The van der Waals surface area contributed by atoms with Crippen molar-refractivity contribution >= 4 is 6.03 Å². The van der Waals surface area contributed by atoms with Crippen LogP contribution in [-0.4, -0.2) is 33.3 Å². The number of carbonyl (C=O) groups excluding carboxylic acids is 1. The summed E-state index contributed by atoms with van der Waals surface area (Å²) < 4.78 is 21.4. The number of hydrogen-bond acceptors (Lipinski definition) is 3. The fourth-order valence-corrected chi connectivity index (χ4v) is 3.20. The van der Waals surface area contributed by atoms with Crippen LogP contribution in [0.2, 0.25) is 0 Å². The summed E-state index contributed by atoms with van der Waals surface area (Å²) in [7, 11) is 1.77. The highest BCUT2D eigenvalue weighted by Gasteiger charge is 2.25. The Kier molecular flexibility index (Phi) is 6.72. The molecule has 3 aromatic rings. The molecule has 0 saturated carbocycles. The maximum absolute atomic E-state index is 13.7. The lowest BCUT2D eigenvalue weighted by atomic mass is 10.1. The Morgan fingerprint density at radius 1 is 1.20 bits per heavy atom. The highest BCUT2D eigenvalue weighted by atomic mass is 19.1. The Morgan fingerprint density at radius 2 is 1.93 bits per heavy atom. The molecule has 1 N–H and O–H groups in total. The van der Waals surface area contributed by atoms with Crippen molar-refractivity contribution in [3.8, 4) is 22.9 Å². The highest BCUT2D eigenvalue weighted by molar-refractivity contribution is 5.75. The predicted molar refractivity (Wildman–Crippen MR) is 115 cm³/mol. The van der Waals surface area contributed by atoms with Crippen molar-refractivity contribution in [2.24, 2.45) is 7.05 Å². The molecule has 0 atom stereocenters. The van der Waals surface area contributed by atoms with Crippen molar-refractivity contribution in [3.05, 3.63) is 66.0 Å². The number of urea groups is 1. The van der Waals surface area contributed by atoms with Gasteiger partial charge in [0, 0.05) is 31.3 Å². The van der Waals surface area contributed by atoms with Crippen molar-refractivity contribution in [1.29, 1.82) is 0 Å². The smallest absolute Gasteiger partial charge is 0.317 e. The van der Waals surface area contributed by atoms with Gasteiger partial charge in [0.05, 0.1) is 12.1 Å². The summed E-state index contributed by atoms with van der Waals surface area (Å²) in [5.41, 5.74) is 2.39. The van der Waals surface area contributed by atoms with Gasteiger partial charge in [-0.2, -0.15) is 5.10 Å². The molecule has 6 nitrogen and oxygen atoms in total. The average molecular weight is 410 g/mol. The van der Waals surface area contributed by atoms with E-state index in [1.807, 2.05) is 51.1 Å². The second-order valence-corrected chi connectivity index (χ2v) is 7.24. The number of ether oxygens (including phenoxy) is 1. The van der Waals surface area contributed by atoms with E-state index in [0.717, 1.165) is 16.8 Å². The first-order valence-corrected chi connectivity index (χ1v) is 9.99. The molecule has 1 heterocycles. The largest absolute Gasteiger partial charge is 0.439 e. The van der Waals surface area contributed by atoms with Crippen LogP contribution in [0, 0.1) is 5.82 Å². The third-order valence-electron chi connectivity index (χ3n) is 4.69. The molecule has 3 rings (SSSR count). The third-order valence-corrected chi connectivity index (χ3v) is 4.69. The quantitative estimate of drug-likeness (QED) is 0.599. The number of nitrogens with one attached hydrogen (secondary N) is 1. The van der Waals surface area contributed by atoms with Gasteiger partial charge in [0.1, 0.15) is 17.3 Å². The van der Waals surface area contributed by atoms with Gasteiger partial charge in [0.15, 0.2) is 0 Å². The minimum atomic E-state index is -0.384. The Morgan fingerprint density at radius 3 is 2.57 bits per heavy atom. The van der Waals surface area contributed by atoms with Crippen molar-refractivity contribution in [2.75, 3.05) is 6.54 Å². The average Bonchev–Trinajstić information content (AvgIpc) is 3.02. The SMILES string of the molecule is CCNC(=O)N(Cc1c(-c2ccccc2)nn(C)c1Oc1cccc(F)c1)C(C)C. The van der Waals surface area contributed by atoms with Gasteiger partial charge >= 0.3 is 6.03 Å². The number of halogens is 1. The van der Waals surface area contributed by atoms with Crippen LogP contribution in [0.3, 0.4) is 0 Å². The van der Waals surface area contributed by atoms with E-state index in [2.05, 4.69) is 10.4 Å². The highest BCUT2D eigenvalue weighted by Crippen LogP contribution is 2.34. The molecule has 0 bridgehead atoms. The molecule has 0 spiro atoms. The van der Waals surface area contributed by atoms with E-state index >= 15 is 0 Å².